The lowest BCUT2D eigenvalue weighted by Crippen LogP contribution is -2.40. The van der Waals surface area contributed by atoms with Crippen LogP contribution in [0.4, 0.5) is 5.82 Å². The van der Waals surface area contributed by atoms with Gasteiger partial charge in [-0.15, -0.1) is 0 Å². The van der Waals surface area contributed by atoms with Crippen molar-refractivity contribution in [2.75, 3.05) is 12.0 Å². The zero-order valence-corrected chi connectivity index (χ0v) is 19.1. The highest BCUT2D eigenvalue weighted by Crippen LogP contribution is 2.48. The molecule has 0 saturated carbocycles. The number of nitrogens with zero attached hydrogens (tertiary/aromatic N) is 3. The van der Waals surface area contributed by atoms with Crippen LogP contribution in [0.3, 0.4) is 0 Å². The number of ether oxygens (including phenoxy) is 1. The zero-order valence-electron chi connectivity index (χ0n) is 19.1. The Bertz CT molecular complexity index is 1360. The van der Waals surface area contributed by atoms with E-state index in [0.717, 1.165) is 22.5 Å². The van der Waals surface area contributed by atoms with Gasteiger partial charge < -0.3 is 10.5 Å². The van der Waals surface area contributed by atoms with Crippen molar-refractivity contribution < 1.29 is 9.53 Å². The second-order valence-corrected chi connectivity index (χ2v) is 8.72. The van der Waals surface area contributed by atoms with Crippen LogP contribution in [0.2, 0.25) is 0 Å². The Hall–Kier alpha value is -4.31. The number of benzene rings is 2. The average molecular weight is 452 g/mol. The molecule has 2 aliphatic rings. The van der Waals surface area contributed by atoms with E-state index in [1.165, 1.54) is 0 Å². The molecule has 2 heterocycles. The minimum atomic E-state index is -0.583. The van der Waals surface area contributed by atoms with Gasteiger partial charge in [0.15, 0.2) is 11.6 Å². The Morgan fingerprint density at radius 2 is 1.88 bits per heavy atom. The van der Waals surface area contributed by atoms with Crippen LogP contribution in [-0.4, -0.2) is 23.1 Å². The van der Waals surface area contributed by atoms with Crippen LogP contribution in [0.15, 0.2) is 83.3 Å². The molecule has 170 valence electrons. The van der Waals surface area contributed by atoms with Crippen LogP contribution in [-0.2, 0) is 4.79 Å². The monoisotopic (exact) mass is 451 g/mol. The molecular formula is C27H25N5O2. The van der Waals surface area contributed by atoms with E-state index in [2.05, 4.69) is 23.2 Å². The fraction of sp³-hybridized carbons (Fsp3) is 0.222. The topological polar surface area (TPSA) is 108 Å². The van der Waals surface area contributed by atoms with E-state index < -0.39 is 5.92 Å². The summed E-state index contributed by atoms with van der Waals surface area (Å²) >= 11 is 0. The molecule has 0 amide bonds. The first kappa shape index (κ1) is 21.5. The van der Waals surface area contributed by atoms with Gasteiger partial charge in [0.1, 0.15) is 11.6 Å². The largest absolute Gasteiger partial charge is 0.496 e. The zero-order chi connectivity index (χ0) is 23.8. The minimum absolute atomic E-state index is 0.0220. The van der Waals surface area contributed by atoms with Gasteiger partial charge in [0.25, 0.3) is 0 Å². The van der Waals surface area contributed by atoms with Gasteiger partial charge in [-0.25, -0.2) is 0 Å². The molecule has 0 bridgehead atoms. The summed E-state index contributed by atoms with van der Waals surface area (Å²) in [6.07, 6.45) is 1.08. The number of hydrogen-bond donors (Lipinski definition) is 2. The number of anilines is 1. The summed E-state index contributed by atoms with van der Waals surface area (Å²) < 4.78 is 5.59. The number of nitrogens with two attached hydrogens (primary N) is 1. The Labute approximate surface area is 198 Å². The number of aromatic amines is 1. The molecule has 1 aliphatic heterocycles. The first-order valence-electron chi connectivity index (χ1n) is 11.2. The molecule has 1 aromatic heterocycles. The van der Waals surface area contributed by atoms with Gasteiger partial charge in [0.2, 0.25) is 0 Å². The first-order valence-corrected chi connectivity index (χ1v) is 11.2. The van der Waals surface area contributed by atoms with Gasteiger partial charge in [-0.3, -0.25) is 14.8 Å². The summed E-state index contributed by atoms with van der Waals surface area (Å²) in [5.74, 6) is 1.04. The SMILES string of the molecule is COc1ccccc1C1C(C#N)=C(N)N(c2cc(-c3ccccc3)[nH]n2)C2=C1C(=O)CC(C)C2. The number of H-pyrrole nitrogens is 1. The fourth-order valence-corrected chi connectivity index (χ4v) is 4.99. The third-order valence-corrected chi connectivity index (χ3v) is 6.50. The van der Waals surface area contributed by atoms with E-state index in [9.17, 15) is 10.1 Å². The number of hydrogen-bond acceptors (Lipinski definition) is 6. The summed E-state index contributed by atoms with van der Waals surface area (Å²) in [6.45, 7) is 2.05. The number of aromatic nitrogens is 2. The summed E-state index contributed by atoms with van der Waals surface area (Å²) in [4.78, 5) is 15.2. The molecule has 0 fully saturated rings. The van der Waals surface area contributed by atoms with Crippen LogP contribution < -0.4 is 15.4 Å². The van der Waals surface area contributed by atoms with Crippen molar-refractivity contribution in [2.45, 2.75) is 25.7 Å². The molecule has 2 unspecified atom stereocenters. The molecule has 0 spiro atoms. The predicted octanol–water partition coefficient (Wildman–Crippen LogP) is 4.64. The lowest BCUT2D eigenvalue weighted by atomic mass is 9.73. The van der Waals surface area contributed by atoms with Gasteiger partial charge in [-0.2, -0.15) is 10.4 Å². The summed E-state index contributed by atoms with van der Waals surface area (Å²) in [5.41, 5.74) is 10.9. The predicted molar refractivity (Wildman–Crippen MR) is 129 cm³/mol. The van der Waals surface area contributed by atoms with Gasteiger partial charge in [0, 0.05) is 29.3 Å². The van der Waals surface area contributed by atoms with Gasteiger partial charge in [-0.05, 0) is 24.0 Å². The highest BCUT2D eigenvalue weighted by Gasteiger charge is 2.43. The summed E-state index contributed by atoms with van der Waals surface area (Å²) in [6, 6.07) is 21.5. The minimum Gasteiger partial charge on any atom is -0.496 e. The lowest BCUT2D eigenvalue weighted by Gasteiger charge is -2.40. The van der Waals surface area contributed by atoms with E-state index in [-0.39, 0.29) is 17.5 Å². The van der Waals surface area contributed by atoms with Gasteiger partial charge >= 0.3 is 0 Å². The number of nitrogens with one attached hydrogen (secondary N) is 1. The first-order chi connectivity index (χ1) is 16.5. The molecule has 1 aliphatic carbocycles. The highest BCUT2D eigenvalue weighted by molar-refractivity contribution is 6.01. The number of allylic oxidation sites excluding steroid dienone is 3. The molecule has 34 heavy (non-hydrogen) atoms. The van der Waals surface area contributed by atoms with Gasteiger partial charge in [-0.1, -0.05) is 55.5 Å². The molecule has 0 saturated heterocycles. The average Bonchev–Trinajstić information content (AvgIpc) is 3.33. The van der Waals surface area contributed by atoms with Crippen molar-refractivity contribution in [3.8, 4) is 23.1 Å². The molecular weight excluding hydrogens is 426 g/mol. The molecule has 5 rings (SSSR count). The van der Waals surface area contributed by atoms with E-state index in [1.807, 2.05) is 60.7 Å². The maximum absolute atomic E-state index is 13.5. The van der Waals surface area contributed by atoms with Crippen molar-refractivity contribution in [2.24, 2.45) is 11.7 Å². The van der Waals surface area contributed by atoms with Crippen LogP contribution in [0.5, 0.6) is 5.75 Å². The summed E-state index contributed by atoms with van der Waals surface area (Å²) in [5, 5.41) is 17.8. The third-order valence-electron chi connectivity index (χ3n) is 6.50. The molecule has 3 N–H and O–H groups in total. The number of carbonyl (C=O) groups is 1. The standard InChI is InChI=1S/C27H25N5O2/c1-16-12-21-26(22(33)13-16)25(18-10-6-7-11-23(18)34-2)19(15-28)27(29)32(21)24-14-20(30-31-24)17-8-4-3-5-9-17/h3-11,14,16,25H,12-13,29H2,1-2H3,(H,30,31). The molecule has 3 aromatic rings. The van der Waals surface area contributed by atoms with Crippen LogP contribution in [0.25, 0.3) is 11.3 Å². The maximum atomic E-state index is 13.5. The van der Waals surface area contributed by atoms with Crippen LogP contribution >= 0.6 is 0 Å². The second kappa shape index (κ2) is 8.56. The smallest absolute Gasteiger partial charge is 0.161 e. The van der Waals surface area contributed by atoms with Crippen LogP contribution in [0.1, 0.15) is 31.2 Å². The van der Waals surface area contributed by atoms with Crippen molar-refractivity contribution >= 4 is 11.6 Å². The number of rotatable bonds is 4. The molecule has 7 nitrogen and oxygen atoms in total. The van der Waals surface area contributed by atoms with Crippen LogP contribution in [0, 0.1) is 17.2 Å². The highest BCUT2D eigenvalue weighted by atomic mass is 16.5. The second-order valence-electron chi connectivity index (χ2n) is 8.72. The van der Waals surface area contributed by atoms with Crippen molar-refractivity contribution in [1.29, 1.82) is 5.26 Å². The van der Waals surface area contributed by atoms with Crippen molar-refractivity contribution in [3.05, 3.63) is 88.9 Å². The fourth-order valence-electron chi connectivity index (χ4n) is 4.99. The lowest BCUT2D eigenvalue weighted by molar-refractivity contribution is -0.117. The Morgan fingerprint density at radius 1 is 1.15 bits per heavy atom. The Morgan fingerprint density at radius 3 is 2.62 bits per heavy atom. The van der Waals surface area contributed by atoms with Crippen molar-refractivity contribution in [3.63, 3.8) is 0 Å². The molecule has 2 aromatic carbocycles. The molecule has 7 heteroatoms. The van der Waals surface area contributed by atoms with E-state index in [0.29, 0.717) is 35.6 Å². The quantitative estimate of drug-likeness (QED) is 0.598. The number of methoxy groups -OCH3 is 1. The van der Waals surface area contributed by atoms with Gasteiger partial charge in [0.05, 0.1) is 30.4 Å². The number of ketones is 1. The third kappa shape index (κ3) is 3.44. The Balaban J connectivity index is 1.71. The van der Waals surface area contributed by atoms with Crippen molar-refractivity contribution in [1.82, 2.24) is 10.2 Å². The van der Waals surface area contributed by atoms with E-state index >= 15 is 0 Å². The number of para-hydroxylation sites is 1. The number of carbonyl (C=O) groups excluding carboxylic acids is 1. The van der Waals surface area contributed by atoms with E-state index in [1.54, 1.807) is 12.0 Å². The summed E-state index contributed by atoms with van der Waals surface area (Å²) in [7, 11) is 1.59. The maximum Gasteiger partial charge on any atom is 0.161 e. The molecule has 2 atom stereocenters. The normalized spacial score (nSPS) is 20.3. The van der Waals surface area contributed by atoms with E-state index in [4.69, 9.17) is 10.5 Å². The Kier molecular flexibility index (Phi) is 5.42. The number of Topliss-reactive ketones (excluding diaryl/α,β-unsaturated/α-hetero) is 1. The molecule has 0 radical (unpaired) electrons. The number of nitriles is 1.